The van der Waals surface area contributed by atoms with E-state index in [0.29, 0.717) is 17.5 Å². The molecule has 0 saturated carbocycles. The maximum atomic E-state index is 12.8. The van der Waals surface area contributed by atoms with Gasteiger partial charge in [0.05, 0.1) is 0 Å². The number of fused-ring (bicyclic) bond motifs is 1. The standard InChI is InChI=1S/C15H26N4O.ClH/c1-10(2)8-19(9-11(3)4)15(20)14-12-7-16-6-5-13(12)17-18-14;/h10-11,16H,5-9H2,1-4H3,(H,17,18);1H. The lowest BCUT2D eigenvalue weighted by atomic mass is 10.1. The first kappa shape index (κ1) is 18.0. The molecule has 1 amide bonds. The number of carbonyl (C=O) groups is 1. The van der Waals surface area contributed by atoms with E-state index < -0.39 is 0 Å². The van der Waals surface area contributed by atoms with Crippen molar-refractivity contribution >= 4 is 18.3 Å². The van der Waals surface area contributed by atoms with Gasteiger partial charge in [-0.1, -0.05) is 27.7 Å². The van der Waals surface area contributed by atoms with Gasteiger partial charge < -0.3 is 10.2 Å². The number of aromatic nitrogens is 2. The van der Waals surface area contributed by atoms with Crippen LogP contribution in [0.3, 0.4) is 0 Å². The summed E-state index contributed by atoms with van der Waals surface area (Å²) in [6.45, 7) is 11.8. The molecule has 2 heterocycles. The van der Waals surface area contributed by atoms with Crippen LogP contribution in [0.15, 0.2) is 0 Å². The van der Waals surface area contributed by atoms with E-state index in [1.807, 2.05) is 4.90 Å². The molecule has 21 heavy (non-hydrogen) atoms. The van der Waals surface area contributed by atoms with Crippen molar-refractivity contribution < 1.29 is 4.79 Å². The van der Waals surface area contributed by atoms with Gasteiger partial charge in [-0.2, -0.15) is 5.10 Å². The number of nitrogens with one attached hydrogen (secondary N) is 2. The Kier molecular flexibility index (Phi) is 6.68. The van der Waals surface area contributed by atoms with Crippen molar-refractivity contribution in [2.24, 2.45) is 11.8 Å². The highest BCUT2D eigenvalue weighted by Gasteiger charge is 2.26. The monoisotopic (exact) mass is 314 g/mol. The van der Waals surface area contributed by atoms with E-state index in [1.165, 1.54) is 0 Å². The fourth-order valence-electron chi connectivity index (χ4n) is 2.67. The largest absolute Gasteiger partial charge is 0.337 e. The van der Waals surface area contributed by atoms with Gasteiger partial charge in [-0.25, -0.2) is 0 Å². The van der Waals surface area contributed by atoms with Crippen molar-refractivity contribution in [2.75, 3.05) is 19.6 Å². The summed E-state index contributed by atoms with van der Waals surface area (Å²) in [5, 5.41) is 10.6. The highest BCUT2D eigenvalue weighted by molar-refractivity contribution is 5.94. The molecule has 2 rings (SSSR count). The Morgan fingerprint density at radius 1 is 1.24 bits per heavy atom. The first-order chi connectivity index (χ1) is 9.49. The van der Waals surface area contributed by atoms with Crippen LogP contribution in [0.1, 0.15) is 49.4 Å². The SMILES string of the molecule is CC(C)CN(CC(C)C)C(=O)c1n[nH]c2c1CNCC2.Cl. The van der Waals surface area contributed by atoms with Crippen molar-refractivity contribution in [3.63, 3.8) is 0 Å². The molecule has 0 atom stereocenters. The Morgan fingerprint density at radius 2 is 1.86 bits per heavy atom. The van der Waals surface area contributed by atoms with E-state index >= 15 is 0 Å². The lowest BCUT2D eigenvalue weighted by Crippen LogP contribution is -2.38. The van der Waals surface area contributed by atoms with E-state index in [2.05, 4.69) is 43.2 Å². The van der Waals surface area contributed by atoms with E-state index in [-0.39, 0.29) is 18.3 Å². The molecule has 1 aliphatic rings. The van der Waals surface area contributed by atoms with Crippen LogP contribution in [0.4, 0.5) is 0 Å². The zero-order valence-corrected chi connectivity index (χ0v) is 14.2. The van der Waals surface area contributed by atoms with Crippen LogP contribution in [-0.4, -0.2) is 40.6 Å². The summed E-state index contributed by atoms with van der Waals surface area (Å²) in [7, 11) is 0. The topological polar surface area (TPSA) is 61.0 Å². The van der Waals surface area contributed by atoms with Gasteiger partial charge in [-0.05, 0) is 11.8 Å². The summed E-state index contributed by atoms with van der Waals surface area (Å²) in [5.41, 5.74) is 2.77. The molecule has 0 saturated heterocycles. The van der Waals surface area contributed by atoms with Crippen LogP contribution in [-0.2, 0) is 13.0 Å². The van der Waals surface area contributed by atoms with Crippen LogP contribution in [0.5, 0.6) is 0 Å². The molecule has 120 valence electrons. The summed E-state index contributed by atoms with van der Waals surface area (Å²) in [6, 6.07) is 0. The third kappa shape index (κ3) is 4.45. The fourth-order valence-corrected chi connectivity index (χ4v) is 2.67. The van der Waals surface area contributed by atoms with E-state index in [0.717, 1.165) is 43.9 Å². The van der Waals surface area contributed by atoms with Crippen molar-refractivity contribution in [1.29, 1.82) is 0 Å². The Labute approximate surface area is 133 Å². The molecule has 1 aromatic rings. The molecule has 2 N–H and O–H groups in total. The number of aromatic amines is 1. The van der Waals surface area contributed by atoms with E-state index in [9.17, 15) is 4.79 Å². The van der Waals surface area contributed by atoms with Gasteiger partial charge in [0.2, 0.25) is 0 Å². The highest BCUT2D eigenvalue weighted by Crippen LogP contribution is 2.18. The Bertz CT molecular complexity index is 460. The molecule has 0 aromatic carbocycles. The third-order valence-corrected chi connectivity index (χ3v) is 3.47. The summed E-state index contributed by atoms with van der Waals surface area (Å²) in [4.78, 5) is 14.7. The summed E-state index contributed by atoms with van der Waals surface area (Å²) in [5.74, 6) is 0.991. The maximum Gasteiger partial charge on any atom is 0.274 e. The van der Waals surface area contributed by atoms with Gasteiger partial charge in [0, 0.05) is 43.9 Å². The zero-order valence-electron chi connectivity index (χ0n) is 13.4. The average molecular weight is 315 g/mol. The molecular formula is C15H27ClN4O. The van der Waals surface area contributed by atoms with Crippen LogP contribution in [0.25, 0.3) is 0 Å². The van der Waals surface area contributed by atoms with Crippen LogP contribution in [0, 0.1) is 11.8 Å². The van der Waals surface area contributed by atoms with E-state index in [4.69, 9.17) is 0 Å². The van der Waals surface area contributed by atoms with Gasteiger partial charge in [-0.15, -0.1) is 12.4 Å². The molecule has 0 unspecified atom stereocenters. The van der Waals surface area contributed by atoms with Crippen molar-refractivity contribution in [3.05, 3.63) is 17.0 Å². The number of H-pyrrole nitrogens is 1. The van der Waals surface area contributed by atoms with Crippen LogP contribution in [0.2, 0.25) is 0 Å². The molecule has 5 nitrogen and oxygen atoms in total. The van der Waals surface area contributed by atoms with Crippen molar-refractivity contribution in [3.8, 4) is 0 Å². The minimum atomic E-state index is 0. The quantitative estimate of drug-likeness (QED) is 0.876. The van der Waals surface area contributed by atoms with Crippen LogP contribution >= 0.6 is 12.4 Å². The minimum absolute atomic E-state index is 0. The van der Waals surface area contributed by atoms with Gasteiger partial charge in [0.15, 0.2) is 5.69 Å². The summed E-state index contributed by atoms with van der Waals surface area (Å²) in [6.07, 6.45) is 0.921. The molecule has 1 aromatic heterocycles. The minimum Gasteiger partial charge on any atom is -0.337 e. The number of hydrogen-bond acceptors (Lipinski definition) is 3. The summed E-state index contributed by atoms with van der Waals surface area (Å²) < 4.78 is 0. The lowest BCUT2D eigenvalue weighted by molar-refractivity contribution is 0.0707. The molecule has 0 aliphatic carbocycles. The van der Waals surface area contributed by atoms with E-state index in [1.54, 1.807) is 0 Å². The van der Waals surface area contributed by atoms with Gasteiger partial charge in [0.25, 0.3) is 5.91 Å². The third-order valence-electron chi connectivity index (χ3n) is 3.47. The molecule has 0 bridgehead atoms. The number of nitrogens with zero attached hydrogens (tertiary/aromatic N) is 2. The van der Waals surface area contributed by atoms with Crippen molar-refractivity contribution in [2.45, 2.75) is 40.7 Å². The molecule has 0 fully saturated rings. The lowest BCUT2D eigenvalue weighted by Gasteiger charge is -2.26. The second-order valence-electron chi connectivity index (χ2n) is 6.45. The summed E-state index contributed by atoms with van der Waals surface area (Å²) >= 11 is 0. The Hall–Kier alpha value is -1.07. The average Bonchev–Trinajstić information content (AvgIpc) is 2.79. The van der Waals surface area contributed by atoms with Gasteiger partial charge in [0.1, 0.15) is 0 Å². The smallest absolute Gasteiger partial charge is 0.274 e. The number of amides is 1. The number of hydrogen-bond donors (Lipinski definition) is 2. The normalized spacial score (nSPS) is 14.0. The highest BCUT2D eigenvalue weighted by atomic mass is 35.5. The molecule has 0 radical (unpaired) electrons. The second kappa shape index (κ2) is 7.80. The first-order valence-electron chi connectivity index (χ1n) is 7.55. The Morgan fingerprint density at radius 3 is 2.43 bits per heavy atom. The van der Waals surface area contributed by atoms with Gasteiger partial charge >= 0.3 is 0 Å². The molecule has 0 spiro atoms. The number of halogens is 1. The second-order valence-corrected chi connectivity index (χ2v) is 6.45. The molecular weight excluding hydrogens is 288 g/mol. The van der Waals surface area contributed by atoms with Gasteiger partial charge in [-0.3, -0.25) is 9.89 Å². The predicted octanol–water partition coefficient (Wildman–Crippen LogP) is 2.23. The number of carbonyl (C=O) groups excluding carboxylic acids is 1. The number of rotatable bonds is 5. The Balaban J connectivity index is 0.00000220. The predicted molar refractivity (Wildman–Crippen MR) is 86.8 cm³/mol. The first-order valence-corrected chi connectivity index (χ1v) is 7.55. The maximum absolute atomic E-state index is 12.8. The van der Waals surface area contributed by atoms with Crippen molar-refractivity contribution in [1.82, 2.24) is 20.4 Å². The fraction of sp³-hybridized carbons (Fsp3) is 0.733. The van der Waals surface area contributed by atoms with Crippen LogP contribution < -0.4 is 5.32 Å². The zero-order chi connectivity index (χ0) is 14.7. The molecule has 1 aliphatic heterocycles. The molecule has 6 heteroatoms.